The summed E-state index contributed by atoms with van der Waals surface area (Å²) >= 11 is 0. The molecule has 180 valence electrons. The van der Waals surface area contributed by atoms with Gasteiger partial charge in [-0.1, -0.05) is 51.8 Å². The Labute approximate surface area is 199 Å². The molecule has 4 nitrogen and oxygen atoms in total. The number of piperidine rings is 1. The Kier molecular flexibility index (Phi) is 7.73. The third-order valence-corrected chi connectivity index (χ3v) is 7.77. The van der Waals surface area contributed by atoms with Gasteiger partial charge in [0.1, 0.15) is 17.6 Å². The van der Waals surface area contributed by atoms with Gasteiger partial charge < -0.3 is 4.42 Å². The van der Waals surface area contributed by atoms with Gasteiger partial charge in [0.15, 0.2) is 5.78 Å². The van der Waals surface area contributed by atoms with Crippen LogP contribution in [-0.2, 0) is 4.79 Å². The zero-order chi connectivity index (χ0) is 23.4. The van der Waals surface area contributed by atoms with E-state index in [4.69, 9.17) is 4.42 Å². The van der Waals surface area contributed by atoms with E-state index in [0.29, 0.717) is 36.2 Å². The Morgan fingerprint density at radius 2 is 1.73 bits per heavy atom. The van der Waals surface area contributed by atoms with E-state index in [1.54, 1.807) is 6.26 Å². The van der Waals surface area contributed by atoms with Gasteiger partial charge in [-0.15, -0.1) is 0 Å². The molecule has 4 rings (SSSR count). The number of hydrogen-bond acceptors (Lipinski definition) is 4. The standard InChI is InChI=1S/C29H41NO3/c1-29(2,3)16-8-10-24(31)19-30-22-14-15-23(30)18-21(17-22)9-4-6-12-27(32)26-20-33-28-13-7-5-11-25(26)28/h5,7,11,13,20-23H,4,6,8-10,12,14-19H2,1-3H3/t21?,22-,23+. The summed E-state index contributed by atoms with van der Waals surface area (Å²) in [6, 6.07) is 8.95. The van der Waals surface area contributed by atoms with Crippen LogP contribution in [0.15, 0.2) is 34.9 Å². The summed E-state index contributed by atoms with van der Waals surface area (Å²) in [5.41, 5.74) is 1.83. The molecule has 2 aromatic rings. The first-order chi connectivity index (χ1) is 15.8. The number of carbonyl (C=O) groups excluding carboxylic acids is 2. The monoisotopic (exact) mass is 451 g/mol. The van der Waals surface area contributed by atoms with E-state index in [-0.39, 0.29) is 5.78 Å². The van der Waals surface area contributed by atoms with E-state index < -0.39 is 0 Å². The molecule has 2 bridgehead atoms. The molecule has 0 aliphatic carbocycles. The van der Waals surface area contributed by atoms with Crippen molar-refractivity contribution < 1.29 is 14.0 Å². The predicted octanol–water partition coefficient (Wildman–Crippen LogP) is 7.20. The van der Waals surface area contributed by atoms with Crippen molar-refractivity contribution in [2.24, 2.45) is 11.3 Å². The van der Waals surface area contributed by atoms with Gasteiger partial charge >= 0.3 is 0 Å². The summed E-state index contributed by atoms with van der Waals surface area (Å²) in [6.07, 6.45) is 13.3. The second kappa shape index (κ2) is 10.5. The summed E-state index contributed by atoms with van der Waals surface area (Å²) in [7, 11) is 0. The average Bonchev–Trinajstić information content (AvgIpc) is 3.28. The van der Waals surface area contributed by atoms with Gasteiger partial charge in [0.2, 0.25) is 0 Å². The van der Waals surface area contributed by atoms with E-state index in [1.165, 1.54) is 32.1 Å². The van der Waals surface area contributed by atoms with Crippen molar-refractivity contribution in [2.75, 3.05) is 6.54 Å². The number of carbonyl (C=O) groups is 2. The van der Waals surface area contributed by atoms with E-state index in [9.17, 15) is 9.59 Å². The van der Waals surface area contributed by atoms with Crippen LogP contribution in [0, 0.1) is 11.3 Å². The number of ketones is 2. The van der Waals surface area contributed by atoms with Gasteiger partial charge in [0.05, 0.1) is 12.1 Å². The van der Waals surface area contributed by atoms with Crippen molar-refractivity contribution in [1.82, 2.24) is 4.90 Å². The Balaban J connectivity index is 1.17. The Morgan fingerprint density at radius 1 is 1.00 bits per heavy atom. The number of fused-ring (bicyclic) bond motifs is 3. The predicted molar refractivity (Wildman–Crippen MR) is 134 cm³/mol. The average molecular weight is 452 g/mol. The maximum absolute atomic E-state index is 12.7. The lowest BCUT2D eigenvalue weighted by molar-refractivity contribution is -0.121. The first-order valence-electron chi connectivity index (χ1n) is 13.1. The molecule has 0 spiro atoms. The summed E-state index contributed by atoms with van der Waals surface area (Å²) in [5, 5.41) is 0.930. The molecular weight excluding hydrogens is 410 g/mol. The minimum absolute atomic E-state index is 0.194. The van der Waals surface area contributed by atoms with Crippen LogP contribution < -0.4 is 0 Å². The summed E-state index contributed by atoms with van der Waals surface area (Å²) in [4.78, 5) is 27.8. The number of furan rings is 1. The topological polar surface area (TPSA) is 50.5 Å². The fourth-order valence-electron chi connectivity index (χ4n) is 6.03. The number of nitrogens with zero attached hydrogens (tertiary/aromatic N) is 1. The highest BCUT2D eigenvalue weighted by Gasteiger charge is 2.40. The number of rotatable bonds is 11. The Bertz CT molecular complexity index is 939. The molecule has 0 N–H and O–H groups in total. The largest absolute Gasteiger partial charge is 0.464 e. The van der Waals surface area contributed by atoms with Crippen LogP contribution in [0.5, 0.6) is 0 Å². The molecule has 33 heavy (non-hydrogen) atoms. The van der Waals surface area contributed by atoms with E-state index in [1.807, 2.05) is 24.3 Å². The molecule has 2 aliphatic heterocycles. The summed E-state index contributed by atoms with van der Waals surface area (Å²) < 4.78 is 5.53. The fraction of sp³-hybridized carbons (Fsp3) is 0.655. The van der Waals surface area contributed by atoms with Crippen LogP contribution in [0.4, 0.5) is 0 Å². The van der Waals surface area contributed by atoms with E-state index in [0.717, 1.165) is 54.6 Å². The highest BCUT2D eigenvalue weighted by atomic mass is 16.3. The molecule has 0 radical (unpaired) electrons. The van der Waals surface area contributed by atoms with Crippen molar-refractivity contribution in [3.8, 4) is 0 Å². The molecule has 0 amide bonds. The molecule has 4 heteroatoms. The number of benzene rings is 1. The van der Waals surface area contributed by atoms with Gasteiger partial charge in [-0.25, -0.2) is 0 Å². The molecule has 2 aliphatic rings. The molecule has 2 saturated heterocycles. The van der Waals surface area contributed by atoms with Gasteiger partial charge in [-0.2, -0.15) is 0 Å². The zero-order valence-corrected chi connectivity index (χ0v) is 20.8. The Morgan fingerprint density at radius 3 is 2.45 bits per heavy atom. The molecule has 3 atom stereocenters. The first kappa shape index (κ1) is 24.2. The van der Waals surface area contributed by atoms with Crippen LogP contribution in [0.1, 0.15) is 102 Å². The molecular formula is C29H41NO3. The van der Waals surface area contributed by atoms with Gasteiger partial charge in [0, 0.05) is 30.3 Å². The van der Waals surface area contributed by atoms with Gasteiger partial charge in [0.25, 0.3) is 0 Å². The lowest BCUT2D eigenvalue weighted by atomic mass is 9.86. The van der Waals surface area contributed by atoms with Crippen molar-refractivity contribution >= 4 is 22.5 Å². The van der Waals surface area contributed by atoms with Crippen LogP contribution in [0.3, 0.4) is 0 Å². The maximum Gasteiger partial charge on any atom is 0.166 e. The molecule has 1 aromatic carbocycles. The van der Waals surface area contributed by atoms with Crippen LogP contribution in [0.2, 0.25) is 0 Å². The third-order valence-electron chi connectivity index (χ3n) is 7.77. The first-order valence-corrected chi connectivity index (χ1v) is 13.1. The van der Waals surface area contributed by atoms with Crippen LogP contribution >= 0.6 is 0 Å². The highest BCUT2D eigenvalue weighted by molar-refractivity contribution is 6.07. The molecule has 1 unspecified atom stereocenters. The van der Waals surface area contributed by atoms with E-state index >= 15 is 0 Å². The van der Waals surface area contributed by atoms with Crippen molar-refractivity contribution in [2.45, 2.75) is 103 Å². The lowest BCUT2D eigenvalue weighted by Crippen LogP contribution is -2.45. The molecule has 0 saturated carbocycles. The maximum atomic E-state index is 12.7. The SMILES string of the molecule is CC(C)(C)CCCC(=O)CN1[C@@H]2CC[C@H]1CC(CCCCC(=O)c1coc3ccccc13)C2. The van der Waals surface area contributed by atoms with Crippen molar-refractivity contribution in [1.29, 1.82) is 0 Å². The van der Waals surface area contributed by atoms with Crippen LogP contribution in [-0.4, -0.2) is 35.1 Å². The second-order valence-corrected chi connectivity index (χ2v) is 11.7. The second-order valence-electron chi connectivity index (χ2n) is 11.7. The zero-order valence-electron chi connectivity index (χ0n) is 20.8. The number of Topliss-reactive ketones (excluding diaryl/α,β-unsaturated/α-hetero) is 2. The lowest BCUT2D eigenvalue weighted by Gasteiger charge is -2.38. The highest BCUT2D eigenvalue weighted by Crippen LogP contribution is 2.40. The summed E-state index contributed by atoms with van der Waals surface area (Å²) in [6.45, 7) is 7.41. The van der Waals surface area contributed by atoms with Crippen molar-refractivity contribution in [3.63, 3.8) is 0 Å². The number of para-hydroxylation sites is 1. The quantitative estimate of drug-likeness (QED) is 0.268. The number of unbranched alkanes of at least 4 members (excludes halogenated alkanes) is 1. The van der Waals surface area contributed by atoms with Gasteiger partial charge in [-0.05, 0) is 62.3 Å². The summed E-state index contributed by atoms with van der Waals surface area (Å²) in [5.74, 6) is 1.37. The van der Waals surface area contributed by atoms with E-state index in [2.05, 4.69) is 25.7 Å². The van der Waals surface area contributed by atoms with Crippen molar-refractivity contribution in [3.05, 3.63) is 36.1 Å². The minimum Gasteiger partial charge on any atom is -0.464 e. The third kappa shape index (κ3) is 6.35. The molecule has 3 heterocycles. The smallest absolute Gasteiger partial charge is 0.166 e. The van der Waals surface area contributed by atoms with Gasteiger partial charge in [-0.3, -0.25) is 14.5 Å². The minimum atomic E-state index is 0.194. The Hall–Kier alpha value is -1.94. The molecule has 1 aromatic heterocycles. The molecule has 2 fully saturated rings. The normalized spacial score (nSPS) is 23.3. The number of hydrogen-bond donors (Lipinski definition) is 0. The van der Waals surface area contributed by atoms with Crippen LogP contribution in [0.25, 0.3) is 11.0 Å². The fourth-order valence-corrected chi connectivity index (χ4v) is 6.03.